The van der Waals surface area contributed by atoms with Crippen molar-refractivity contribution in [3.63, 3.8) is 0 Å². The molecule has 0 spiro atoms. The molecule has 1 N–H and O–H groups in total. The van der Waals surface area contributed by atoms with Crippen molar-refractivity contribution in [1.82, 2.24) is 4.98 Å². The van der Waals surface area contributed by atoms with E-state index in [0.29, 0.717) is 0 Å². The second-order valence-corrected chi connectivity index (χ2v) is 3.96. The van der Waals surface area contributed by atoms with E-state index in [2.05, 4.69) is 17.1 Å². The molecule has 0 aliphatic carbocycles. The smallest absolute Gasteiger partial charge is 0.251 e. The second-order valence-electron chi connectivity index (χ2n) is 3.96. The molecule has 0 atom stereocenters. The van der Waals surface area contributed by atoms with Crippen LogP contribution < -0.4 is 11.0 Å². The highest BCUT2D eigenvalue weighted by atomic mass is 16.1. The molecule has 3 heteroatoms. The van der Waals surface area contributed by atoms with Crippen LogP contribution in [0, 0.1) is 6.92 Å². The maximum atomic E-state index is 11.7. The van der Waals surface area contributed by atoms with Gasteiger partial charge in [-0.05, 0) is 25.0 Å². The highest BCUT2D eigenvalue weighted by Gasteiger charge is 2.06. The average molecular weight is 199 g/mol. The molecule has 2 nitrogen and oxygen atoms in total. The Labute approximate surface area is 89.7 Å². The minimum absolute atomic E-state index is 0.0492. The maximum absolute atomic E-state index is 11.7. The molecule has 15 heavy (non-hydrogen) atoms. The van der Waals surface area contributed by atoms with Crippen LogP contribution in [0.5, 0.6) is 0 Å². The summed E-state index contributed by atoms with van der Waals surface area (Å²) in [5.41, 5.74) is 4.16. The second kappa shape index (κ2) is 3.57. The van der Waals surface area contributed by atoms with Crippen LogP contribution in [0.4, 0.5) is 0 Å². The first-order valence-corrected chi connectivity index (χ1v) is 5.25. The SMILES string of the molecule is Bc1ccc2c(C)c(CC)c(=O)[nH]c2c1. The number of aryl methyl sites for hydroxylation is 1. The van der Waals surface area contributed by atoms with Crippen molar-refractivity contribution >= 4 is 24.2 Å². The van der Waals surface area contributed by atoms with E-state index in [0.717, 1.165) is 28.5 Å². The Morgan fingerprint density at radius 1 is 1.40 bits per heavy atom. The van der Waals surface area contributed by atoms with E-state index in [1.165, 1.54) is 5.46 Å². The fraction of sp³-hybridized carbons (Fsp3) is 0.250. The third-order valence-electron chi connectivity index (χ3n) is 2.91. The lowest BCUT2D eigenvalue weighted by atomic mass is 9.93. The van der Waals surface area contributed by atoms with E-state index in [1.54, 1.807) is 0 Å². The zero-order valence-corrected chi connectivity index (χ0v) is 9.35. The Hall–Kier alpha value is -1.51. The molecule has 2 aromatic rings. The van der Waals surface area contributed by atoms with Gasteiger partial charge in [0.05, 0.1) is 0 Å². The highest BCUT2D eigenvalue weighted by Crippen LogP contribution is 2.16. The normalized spacial score (nSPS) is 10.8. The van der Waals surface area contributed by atoms with Crippen molar-refractivity contribution in [3.05, 3.63) is 39.7 Å². The first kappa shape index (κ1) is 10.0. The number of nitrogens with one attached hydrogen (secondary N) is 1. The van der Waals surface area contributed by atoms with Crippen molar-refractivity contribution in [2.75, 3.05) is 0 Å². The minimum Gasteiger partial charge on any atom is -0.322 e. The van der Waals surface area contributed by atoms with Crippen LogP contribution in [0.2, 0.25) is 0 Å². The number of aromatic amines is 1. The van der Waals surface area contributed by atoms with Crippen molar-refractivity contribution in [1.29, 1.82) is 0 Å². The summed E-state index contributed by atoms with van der Waals surface area (Å²) in [5, 5.41) is 1.15. The van der Waals surface area contributed by atoms with Crippen LogP contribution in [-0.2, 0) is 6.42 Å². The highest BCUT2D eigenvalue weighted by molar-refractivity contribution is 6.33. The molecule has 1 aromatic carbocycles. The van der Waals surface area contributed by atoms with Gasteiger partial charge < -0.3 is 4.98 Å². The van der Waals surface area contributed by atoms with Gasteiger partial charge in [-0.25, -0.2) is 0 Å². The summed E-state index contributed by atoms with van der Waals surface area (Å²) in [6.45, 7) is 4.03. The molecular weight excluding hydrogens is 185 g/mol. The van der Waals surface area contributed by atoms with Gasteiger partial charge in [0, 0.05) is 16.5 Å². The molecule has 76 valence electrons. The monoisotopic (exact) mass is 199 g/mol. The molecular formula is C12H14BNO. The number of benzene rings is 1. The fourth-order valence-corrected chi connectivity index (χ4v) is 2.04. The van der Waals surface area contributed by atoms with Crippen LogP contribution in [0.15, 0.2) is 23.0 Å². The summed E-state index contributed by atoms with van der Waals surface area (Å²) >= 11 is 0. The third-order valence-corrected chi connectivity index (χ3v) is 2.91. The number of aromatic nitrogens is 1. The third kappa shape index (κ3) is 1.58. The van der Waals surface area contributed by atoms with E-state index in [4.69, 9.17) is 0 Å². The number of fused-ring (bicyclic) bond motifs is 1. The van der Waals surface area contributed by atoms with E-state index < -0.39 is 0 Å². The Bertz CT molecular complexity index is 572. The Morgan fingerprint density at radius 3 is 2.80 bits per heavy atom. The predicted octanol–water partition coefficient (Wildman–Crippen LogP) is 0.657. The molecule has 0 aliphatic rings. The molecule has 2 rings (SSSR count). The van der Waals surface area contributed by atoms with Crippen molar-refractivity contribution < 1.29 is 0 Å². The summed E-state index contributed by atoms with van der Waals surface area (Å²) in [6.07, 6.45) is 0.783. The summed E-state index contributed by atoms with van der Waals surface area (Å²) in [7, 11) is 2.03. The molecule has 0 saturated heterocycles. The molecule has 0 saturated carbocycles. The predicted molar refractivity (Wildman–Crippen MR) is 66.9 cm³/mol. The quantitative estimate of drug-likeness (QED) is 0.672. The molecule has 0 bridgehead atoms. The largest absolute Gasteiger partial charge is 0.322 e. The van der Waals surface area contributed by atoms with Crippen LogP contribution in [-0.4, -0.2) is 12.8 Å². The summed E-state index contributed by atoms with van der Waals surface area (Å²) in [5.74, 6) is 0. The lowest BCUT2D eigenvalue weighted by Gasteiger charge is -2.07. The zero-order chi connectivity index (χ0) is 11.0. The number of rotatable bonds is 1. The number of H-pyrrole nitrogens is 1. The number of hydrogen-bond acceptors (Lipinski definition) is 1. The van der Waals surface area contributed by atoms with E-state index >= 15 is 0 Å². The van der Waals surface area contributed by atoms with E-state index in [1.807, 2.05) is 27.8 Å². The average Bonchev–Trinajstić information content (AvgIpc) is 2.17. The molecule has 0 unspecified atom stereocenters. The minimum atomic E-state index is 0.0492. The van der Waals surface area contributed by atoms with Gasteiger partial charge >= 0.3 is 0 Å². The van der Waals surface area contributed by atoms with Crippen LogP contribution in [0.3, 0.4) is 0 Å². The summed E-state index contributed by atoms with van der Waals surface area (Å²) in [4.78, 5) is 14.7. The summed E-state index contributed by atoms with van der Waals surface area (Å²) < 4.78 is 0. The first-order chi connectivity index (χ1) is 7.13. The number of hydrogen-bond donors (Lipinski definition) is 1. The maximum Gasteiger partial charge on any atom is 0.251 e. The van der Waals surface area contributed by atoms with Crippen LogP contribution in [0.1, 0.15) is 18.1 Å². The van der Waals surface area contributed by atoms with Gasteiger partial charge in [-0.15, -0.1) is 0 Å². The summed E-state index contributed by atoms with van der Waals surface area (Å²) in [6, 6.07) is 6.17. The van der Waals surface area contributed by atoms with Gasteiger partial charge in [0.25, 0.3) is 5.56 Å². The lowest BCUT2D eigenvalue weighted by Crippen LogP contribution is -2.15. The van der Waals surface area contributed by atoms with Gasteiger partial charge in [0.15, 0.2) is 0 Å². The molecule has 0 amide bonds. The number of pyridine rings is 1. The lowest BCUT2D eigenvalue weighted by molar-refractivity contribution is 1.06. The van der Waals surface area contributed by atoms with Crippen molar-refractivity contribution in [2.24, 2.45) is 0 Å². The molecule has 0 radical (unpaired) electrons. The van der Waals surface area contributed by atoms with Crippen LogP contribution >= 0.6 is 0 Å². The fourth-order valence-electron chi connectivity index (χ4n) is 2.04. The van der Waals surface area contributed by atoms with Gasteiger partial charge in [-0.1, -0.05) is 24.5 Å². The Balaban J connectivity index is 2.91. The van der Waals surface area contributed by atoms with E-state index in [9.17, 15) is 4.79 Å². The topological polar surface area (TPSA) is 32.9 Å². The van der Waals surface area contributed by atoms with Crippen molar-refractivity contribution in [2.45, 2.75) is 20.3 Å². The van der Waals surface area contributed by atoms with Crippen LogP contribution in [0.25, 0.3) is 10.9 Å². The van der Waals surface area contributed by atoms with Gasteiger partial charge in [0.2, 0.25) is 0 Å². The van der Waals surface area contributed by atoms with E-state index in [-0.39, 0.29) is 5.56 Å². The van der Waals surface area contributed by atoms with Gasteiger partial charge in [-0.3, -0.25) is 4.79 Å². The molecule has 0 aliphatic heterocycles. The first-order valence-electron chi connectivity index (χ1n) is 5.25. The van der Waals surface area contributed by atoms with Gasteiger partial charge in [-0.2, -0.15) is 0 Å². The standard InChI is InChI=1S/C12H14BNO/c1-3-9-7(2)10-5-4-8(13)6-11(10)14-12(9)15/h4-6H,3,13H2,1-2H3,(H,14,15). The van der Waals surface area contributed by atoms with Crippen molar-refractivity contribution in [3.8, 4) is 0 Å². The molecule has 1 aromatic heterocycles. The Kier molecular flexibility index (Phi) is 2.39. The zero-order valence-electron chi connectivity index (χ0n) is 9.35. The molecule has 0 fully saturated rings. The Morgan fingerprint density at radius 2 is 2.13 bits per heavy atom. The molecule has 1 heterocycles. The van der Waals surface area contributed by atoms with Gasteiger partial charge in [0.1, 0.15) is 7.85 Å².